The fraction of sp³-hybridized carbons (Fsp3) is 0.0400. The molecule has 5 nitrogen and oxygen atoms in total. The van der Waals surface area contributed by atoms with Crippen LogP contribution < -0.4 is 5.43 Å². The van der Waals surface area contributed by atoms with Crippen molar-refractivity contribution >= 4 is 22.9 Å². The number of carbonyl (C=O) groups excluding carboxylic acids is 1. The number of hydrogen-bond acceptors (Lipinski definition) is 4. The van der Waals surface area contributed by atoms with E-state index in [1.54, 1.807) is 54.6 Å². The van der Waals surface area contributed by atoms with Crippen LogP contribution in [0.1, 0.15) is 16.7 Å². The zero-order valence-corrected chi connectivity index (χ0v) is 16.1. The molecule has 0 aromatic heterocycles. The summed E-state index contributed by atoms with van der Waals surface area (Å²) < 4.78 is 0. The van der Waals surface area contributed by atoms with Gasteiger partial charge >= 0.3 is 0 Å². The largest absolute Gasteiger partial charge is 0.507 e. The van der Waals surface area contributed by atoms with Crippen molar-refractivity contribution in [1.29, 1.82) is 0 Å². The fourth-order valence-electron chi connectivity index (χ4n) is 3.44. The number of aromatic hydroxyl groups is 1. The number of aliphatic hydroxyl groups is 1. The van der Waals surface area contributed by atoms with Gasteiger partial charge < -0.3 is 10.2 Å². The van der Waals surface area contributed by atoms with E-state index in [0.29, 0.717) is 16.7 Å². The molecular weight excluding hydrogens is 376 g/mol. The lowest BCUT2D eigenvalue weighted by Gasteiger charge is -2.27. The van der Waals surface area contributed by atoms with Gasteiger partial charge in [-0.2, -0.15) is 5.10 Å². The molecule has 148 valence electrons. The summed E-state index contributed by atoms with van der Waals surface area (Å²) in [4.78, 5) is 13.1. The highest BCUT2D eigenvalue weighted by atomic mass is 16.3. The molecular formula is C25H20N2O3. The second kappa shape index (κ2) is 8.19. The Kier molecular flexibility index (Phi) is 5.28. The molecule has 0 aliphatic heterocycles. The van der Waals surface area contributed by atoms with Crippen LogP contribution in [0.5, 0.6) is 5.75 Å². The standard InChI is InChI=1S/C25H20N2O3/c28-23-16-15-18-9-7-8-14-21(18)22(23)17-26-27-24(29)25(30,19-10-3-1-4-11-19)20-12-5-2-6-13-20/h1-17,28,30H,(H,27,29). The number of amides is 1. The van der Waals surface area contributed by atoms with Crippen LogP contribution in [0.25, 0.3) is 10.8 Å². The predicted octanol–water partition coefficient (Wildman–Crippen LogP) is 3.93. The van der Waals surface area contributed by atoms with Crippen molar-refractivity contribution in [3.63, 3.8) is 0 Å². The Labute approximate surface area is 173 Å². The van der Waals surface area contributed by atoms with Crippen molar-refractivity contribution < 1.29 is 15.0 Å². The quantitative estimate of drug-likeness (QED) is 0.353. The van der Waals surface area contributed by atoms with Crippen LogP contribution >= 0.6 is 0 Å². The zero-order chi connectivity index (χ0) is 21.0. The molecule has 3 N–H and O–H groups in total. The molecule has 0 unspecified atom stereocenters. The number of fused-ring (bicyclic) bond motifs is 1. The number of rotatable bonds is 5. The van der Waals surface area contributed by atoms with E-state index in [0.717, 1.165) is 10.8 Å². The summed E-state index contributed by atoms with van der Waals surface area (Å²) in [5, 5.41) is 27.4. The molecule has 4 rings (SSSR count). The first-order valence-corrected chi connectivity index (χ1v) is 9.48. The molecule has 0 bridgehead atoms. The summed E-state index contributed by atoms with van der Waals surface area (Å²) in [6.07, 6.45) is 1.38. The highest BCUT2D eigenvalue weighted by Gasteiger charge is 2.39. The van der Waals surface area contributed by atoms with Gasteiger partial charge in [-0.15, -0.1) is 0 Å². The molecule has 0 fully saturated rings. The third kappa shape index (κ3) is 3.54. The van der Waals surface area contributed by atoms with Gasteiger partial charge in [0.15, 0.2) is 5.60 Å². The molecule has 0 heterocycles. The summed E-state index contributed by atoms with van der Waals surface area (Å²) in [6, 6.07) is 28.4. The topological polar surface area (TPSA) is 81.9 Å². The van der Waals surface area contributed by atoms with Crippen molar-refractivity contribution in [2.75, 3.05) is 0 Å². The van der Waals surface area contributed by atoms with E-state index in [9.17, 15) is 15.0 Å². The number of carbonyl (C=O) groups is 1. The maximum Gasteiger partial charge on any atom is 0.281 e. The van der Waals surface area contributed by atoms with Crippen LogP contribution in [0.15, 0.2) is 102 Å². The van der Waals surface area contributed by atoms with Gasteiger partial charge in [0.2, 0.25) is 0 Å². The van der Waals surface area contributed by atoms with Gasteiger partial charge in [-0.25, -0.2) is 5.43 Å². The van der Waals surface area contributed by atoms with Crippen molar-refractivity contribution in [3.05, 3.63) is 114 Å². The van der Waals surface area contributed by atoms with Crippen molar-refractivity contribution in [1.82, 2.24) is 5.43 Å². The van der Waals surface area contributed by atoms with Crippen LogP contribution in [0.3, 0.4) is 0 Å². The summed E-state index contributed by atoms with van der Waals surface area (Å²) in [5.74, 6) is -0.649. The Bertz CT molecular complexity index is 1170. The van der Waals surface area contributed by atoms with Gasteiger partial charge in [0.25, 0.3) is 5.91 Å². The van der Waals surface area contributed by atoms with Gasteiger partial charge in [-0.1, -0.05) is 91.0 Å². The Morgan fingerprint density at radius 1 is 0.800 bits per heavy atom. The molecule has 0 radical (unpaired) electrons. The molecule has 5 heteroatoms. The van der Waals surface area contributed by atoms with Gasteiger partial charge in [0.1, 0.15) is 5.75 Å². The lowest BCUT2D eigenvalue weighted by molar-refractivity contribution is -0.136. The SMILES string of the molecule is O=C(NN=Cc1c(O)ccc2ccccc12)C(O)(c1ccccc1)c1ccccc1. The molecule has 4 aromatic rings. The molecule has 0 aliphatic rings. The van der Waals surface area contributed by atoms with E-state index < -0.39 is 11.5 Å². The summed E-state index contributed by atoms with van der Waals surface area (Å²) in [6.45, 7) is 0. The fourth-order valence-corrected chi connectivity index (χ4v) is 3.44. The number of phenols is 1. The zero-order valence-electron chi connectivity index (χ0n) is 16.1. The van der Waals surface area contributed by atoms with Crippen LogP contribution in [0, 0.1) is 0 Å². The molecule has 0 atom stereocenters. The van der Waals surface area contributed by atoms with Crippen LogP contribution in [0.2, 0.25) is 0 Å². The Morgan fingerprint density at radius 3 is 2.00 bits per heavy atom. The van der Waals surface area contributed by atoms with Gasteiger partial charge in [0.05, 0.1) is 6.21 Å². The maximum absolute atomic E-state index is 13.1. The number of benzene rings is 4. The second-order valence-corrected chi connectivity index (χ2v) is 6.86. The smallest absolute Gasteiger partial charge is 0.281 e. The van der Waals surface area contributed by atoms with Crippen LogP contribution in [-0.4, -0.2) is 22.3 Å². The van der Waals surface area contributed by atoms with Crippen molar-refractivity contribution in [2.45, 2.75) is 5.60 Å². The van der Waals surface area contributed by atoms with Crippen molar-refractivity contribution in [3.8, 4) is 5.75 Å². The Balaban J connectivity index is 1.67. The molecule has 0 aliphatic carbocycles. The normalized spacial score (nSPS) is 11.6. The van der Waals surface area contributed by atoms with Gasteiger partial charge in [0, 0.05) is 5.56 Å². The average Bonchev–Trinajstić information content (AvgIpc) is 2.81. The van der Waals surface area contributed by atoms with E-state index in [1.165, 1.54) is 6.21 Å². The highest BCUT2D eigenvalue weighted by Crippen LogP contribution is 2.30. The summed E-state index contributed by atoms with van der Waals surface area (Å²) in [5.41, 5.74) is 1.85. The maximum atomic E-state index is 13.1. The number of nitrogens with one attached hydrogen (secondary N) is 1. The second-order valence-electron chi connectivity index (χ2n) is 6.86. The molecule has 1 amide bonds. The monoisotopic (exact) mass is 396 g/mol. The molecule has 0 spiro atoms. The minimum atomic E-state index is -1.92. The van der Waals surface area contributed by atoms with E-state index >= 15 is 0 Å². The van der Waals surface area contributed by atoms with E-state index in [-0.39, 0.29) is 5.75 Å². The minimum absolute atomic E-state index is 0.0491. The van der Waals surface area contributed by atoms with Crippen LogP contribution in [-0.2, 0) is 10.4 Å². The number of hydrazone groups is 1. The number of nitrogens with zero attached hydrogens (tertiary/aromatic N) is 1. The van der Waals surface area contributed by atoms with E-state index in [4.69, 9.17) is 0 Å². The third-order valence-electron chi connectivity index (χ3n) is 5.02. The molecule has 0 saturated heterocycles. The van der Waals surface area contributed by atoms with Crippen LogP contribution in [0.4, 0.5) is 0 Å². The molecule has 4 aromatic carbocycles. The predicted molar refractivity (Wildman–Crippen MR) is 117 cm³/mol. The van der Waals surface area contributed by atoms with E-state index in [2.05, 4.69) is 10.5 Å². The van der Waals surface area contributed by atoms with Crippen molar-refractivity contribution in [2.24, 2.45) is 5.10 Å². The Hall–Kier alpha value is -3.96. The van der Waals surface area contributed by atoms with Gasteiger partial charge in [-0.05, 0) is 28.0 Å². The first-order valence-electron chi connectivity index (χ1n) is 9.48. The lowest BCUT2D eigenvalue weighted by Crippen LogP contribution is -2.43. The first kappa shape index (κ1) is 19.4. The molecule has 30 heavy (non-hydrogen) atoms. The minimum Gasteiger partial charge on any atom is -0.507 e. The highest BCUT2D eigenvalue weighted by molar-refractivity contribution is 6.02. The first-order chi connectivity index (χ1) is 14.6. The lowest BCUT2D eigenvalue weighted by atomic mass is 9.85. The number of hydrogen-bond donors (Lipinski definition) is 3. The third-order valence-corrected chi connectivity index (χ3v) is 5.02. The molecule has 0 saturated carbocycles. The average molecular weight is 396 g/mol. The van der Waals surface area contributed by atoms with E-state index in [1.807, 2.05) is 42.5 Å². The Morgan fingerprint density at radius 2 is 1.37 bits per heavy atom. The van der Waals surface area contributed by atoms with Gasteiger partial charge in [-0.3, -0.25) is 4.79 Å². The number of phenolic OH excluding ortho intramolecular Hbond substituents is 1. The summed E-state index contributed by atoms with van der Waals surface area (Å²) in [7, 11) is 0. The summed E-state index contributed by atoms with van der Waals surface area (Å²) >= 11 is 0.